The smallest absolute Gasteiger partial charge is 0.0654 e. The molecule has 0 aliphatic rings. The molecule has 5 heteroatoms. The molecule has 0 aliphatic heterocycles. The van der Waals surface area contributed by atoms with Gasteiger partial charge in [0, 0.05) is 0 Å². The van der Waals surface area contributed by atoms with E-state index in [0.29, 0.717) is 4.90 Å². The summed E-state index contributed by atoms with van der Waals surface area (Å²) in [6, 6.07) is 45.2. The minimum Gasteiger partial charge on any atom is -0.0654 e. The molecule has 0 heterocycles. The van der Waals surface area contributed by atoms with Gasteiger partial charge in [-0.15, -0.1) is 0 Å². The molecule has 0 aliphatic carbocycles. The molecule has 5 aromatic rings. The maximum absolute atomic E-state index is 16.3. The van der Waals surface area contributed by atoms with E-state index in [-0.39, 0.29) is 0 Å². The number of unbranched alkanes of at least 4 members (excludes halogenated alkanes) is 27. The fraction of sp³-hybridized carbons (Fsp3) is 0.545. The number of benzene rings is 5. The number of aryl methyl sites for hydroxylation is 1. The van der Waals surface area contributed by atoms with E-state index in [1.807, 2.05) is 78.9 Å². The van der Waals surface area contributed by atoms with E-state index in [9.17, 15) is 0 Å². The Morgan fingerprint density at radius 1 is 0.310 bits per heavy atom. The van der Waals surface area contributed by atoms with Crippen molar-refractivity contribution in [3.63, 3.8) is 0 Å². The fourth-order valence-corrected chi connectivity index (χ4v) is 20.1. The van der Waals surface area contributed by atoms with E-state index in [0.717, 1.165) is 71.7 Å². The number of hydrogen-bond donors (Lipinski definition) is 0. The monoisotopic (exact) mass is 1000 g/mol. The van der Waals surface area contributed by atoms with Crippen molar-refractivity contribution < 1.29 is 12.4 Å². The summed E-state index contributed by atoms with van der Waals surface area (Å²) in [6.07, 6.45) is 41.0. The van der Waals surface area contributed by atoms with Gasteiger partial charge in [0.05, 0.1) is 0 Å². The quantitative estimate of drug-likeness (QED) is 0.0290. The first-order valence-electron chi connectivity index (χ1n) is 29.3. The second kappa shape index (κ2) is 33.3. The third-order valence-corrected chi connectivity index (χ3v) is 23.4. The van der Waals surface area contributed by atoms with Gasteiger partial charge in [-0.1, -0.05) is 97.8 Å². The molecule has 0 radical (unpaired) electrons. The van der Waals surface area contributed by atoms with Gasteiger partial charge in [-0.25, -0.2) is 0 Å². The molecule has 3 nitrogen and oxygen atoms in total. The molecular formula is C66H97O3PS. The number of hydrogen-bond acceptors (Lipinski definition) is 3. The Morgan fingerprint density at radius 3 is 0.887 bits per heavy atom. The van der Waals surface area contributed by atoms with Gasteiger partial charge in [-0.05, 0) is 0 Å². The molecule has 0 bridgehead atoms. The van der Waals surface area contributed by atoms with Crippen LogP contribution in [0.5, 0.6) is 0 Å². The standard InChI is InChI=1S/C66H97O3PS/c1-4-7-10-13-16-19-22-25-28-35-46-59-57-58-66(65(56-45-30-27-24-21-18-15-12-9-6-3)64(59)55-44-29-26-23-20-17-14-11-8-5-2)71(67,68)69-70(60-47-36-31-37-48-60,61-49-38-32-39-50-61,62-51-40-33-41-52-62)63-53-42-34-43-54-63/h31-34,36-43,47-54,57-58H,4-30,35,44-46,55-56H2,1-3H3. The Labute approximate surface area is 436 Å². The molecule has 0 aromatic heterocycles. The zero-order valence-electron chi connectivity index (χ0n) is 45.1. The predicted molar refractivity (Wildman–Crippen MR) is 313 cm³/mol. The summed E-state index contributed by atoms with van der Waals surface area (Å²) in [6.45, 7) is 2.34. The van der Waals surface area contributed by atoms with Crippen molar-refractivity contribution in [3.8, 4) is 0 Å². The third-order valence-electron chi connectivity index (χ3n) is 15.4. The molecule has 5 aromatic carbocycles. The molecule has 0 atom stereocenters. The Kier molecular flexibility index (Phi) is 27.4. The third kappa shape index (κ3) is 17.3. The zero-order chi connectivity index (χ0) is 50.2. The summed E-state index contributed by atoms with van der Waals surface area (Å²) in [5, 5.41) is 3.46. The van der Waals surface area contributed by atoms with Crippen molar-refractivity contribution >= 4 is 38.2 Å². The summed E-state index contributed by atoms with van der Waals surface area (Å²) in [4.78, 5) is 0.370. The van der Waals surface area contributed by atoms with Crippen LogP contribution in [-0.2, 0) is 33.4 Å². The molecule has 0 spiro atoms. The van der Waals surface area contributed by atoms with Gasteiger partial charge in [0.25, 0.3) is 0 Å². The van der Waals surface area contributed by atoms with Gasteiger partial charge in [0.1, 0.15) is 0 Å². The first kappa shape index (κ1) is 58.3. The van der Waals surface area contributed by atoms with Gasteiger partial charge in [0.15, 0.2) is 0 Å². The average Bonchev–Trinajstić information content (AvgIpc) is 3.41. The Bertz CT molecular complexity index is 2070. The van der Waals surface area contributed by atoms with E-state index in [1.54, 1.807) is 0 Å². The number of rotatable bonds is 40. The minimum atomic E-state index is -4.53. The molecule has 0 amide bonds. The molecule has 71 heavy (non-hydrogen) atoms. The van der Waals surface area contributed by atoms with Gasteiger partial charge in [-0.2, -0.15) is 0 Å². The molecular weight excluding hydrogens is 904 g/mol. The summed E-state index contributed by atoms with van der Waals surface area (Å²) < 4.78 is 40.3. The summed E-state index contributed by atoms with van der Waals surface area (Å²) >= 11 is 0. The molecule has 0 saturated heterocycles. The van der Waals surface area contributed by atoms with E-state index in [1.165, 1.54) is 178 Å². The maximum atomic E-state index is 16.3. The van der Waals surface area contributed by atoms with E-state index < -0.39 is 16.9 Å². The van der Waals surface area contributed by atoms with Gasteiger partial charge >= 0.3 is 340 Å². The summed E-state index contributed by atoms with van der Waals surface area (Å²) in [5.41, 5.74) is 3.67. The van der Waals surface area contributed by atoms with Crippen molar-refractivity contribution in [2.24, 2.45) is 0 Å². The van der Waals surface area contributed by atoms with E-state index in [2.05, 4.69) is 75.4 Å². The van der Waals surface area contributed by atoms with Crippen molar-refractivity contribution in [1.29, 1.82) is 0 Å². The van der Waals surface area contributed by atoms with Gasteiger partial charge in [0.2, 0.25) is 0 Å². The molecule has 390 valence electrons. The molecule has 5 rings (SSSR count). The van der Waals surface area contributed by atoms with Crippen molar-refractivity contribution in [3.05, 3.63) is 150 Å². The Morgan fingerprint density at radius 2 is 0.577 bits per heavy atom. The van der Waals surface area contributed by atoms with Crippen LogP contribution in [0.2, 0.25) is 0 Å². The second-order valence-electron chi connectivity index (χ2n) is 20.9. The van der Waals surface area contributed by atoms with E-state index in [4.69, 9.17) is 3.97 Å². The van der Waals surface area contributed by atoms with Crippen LogP contribution in [0.1, 0.15) is 230 Å². The van der Waals surface area contributed by atoms with Crippen LogP contribution in [0.25, 0.3) is 0 Å². The zero-order valence-corrected chi connectivity index (χ0v) is 46.8. The van der Waals surface area contributed by atoms with Crippen molar-refractivity contribution in [2.45, 2.75) is 238 Å². The van der Waals surface area contributed by atoms with Gasteiger partial charge < -0.3 is 0 Å². The first-order valence-corrected chi connectivity index (χ1v) is 32.8. The van der Waals surface area contributed by atoms with Crippen molar-refractivity contribution in [2.75, 3.05) is 0 Å². The minimum absolute atomic E-state index is 0.370. The Hall–Kier alpha value is -3.56. The van der Waals surface area contributed by atoms with Crippen molar-refractivity contribution in [1.82, 2.24) is 0 Å². The Balaban J connectivity index is 1.57. The van der Waals surface area contributed by atoms with Crippen LogP contribution >= 0.6 is 6.83 Å². The average molecular weight is 1000 g/mol. The van der Waals surface area contributed by atoms with Crippen LogP contribution in [0.4, 0.5) is 0 Å². The van der Waals surface area contributed by atoms with Crippen LogP contribution in [0, 0.1) is 0 Å². The van der Waals surface area contributed by atoms with Crippen LogP contribution < -0.4 is 21.2 Å². The molecule has 0 unspecified atom stereocenters. The SMILES string of the molecule is CCCCCCCCCCCCc1ccc(S(=O)(=O)OP(c2ccccc2)(c2ccccc2)(c2ccccc2)c2ccccc2)c(CCCCCCCCCCCC)c1CCCCCCCCCCCC. The van der Waals surface area contributed by atoms with Gasteiger partial charge in [-0.3, -0.25) is 0 Å². The summed E-state index contributed by atoms with van der Waals surface area (Å²) in [5.74, 6) is 0. The molecule has 0 saturated carbocycles. The molecule has 0 fully saturated rings. The normalized spacial score (nSPS) is 12.5. The van der Waals surface area contributed by atoms with Crippen LogP contribution in [0.3, 0.4) is 0 Å². The second-order valence-corrected chi connectivity index (χ2v) is 27.0. The van der Waals surface area contributed by atoms with Crippen LogP contribution in [-0.4, -0.2) is 8.42 Å². The fourth-order valence-electron chi connectivity index (χ4n) is 11.3. The predicted octanol–water partition coefficient (Wildman–Crippen LogP) is 18.6. The van der Waals surface area contributed by atoms with E-state index >= 15 is 8.42 Å². The first-order chi connectivity index (χ1) is 34.9. The summed E-state index contributed by atoms with van der Waals surface area (Å²) in [7, 11) is -4.44. The molecule has 0 N–H and O–H groups in total. The van der Waals surface area contributed by atoms with Crippen LogP contribution in [0.15, 0.2) is 138 Å². The topological polar surface area (TPSA) is 43.4 Å².